The Morgan fingerprint density at radius 1 is 0.367 bits per heavy atom. The minimum Gasteiger partial charge on any atom is -0.310 e. The lowest BCUT2D eigenvalue weighted by Gasteiger charge is -2.35. The van der Waals surface area contributed by atoms with Gasteiger partial charge in [0.1, 0.15) is 0 Å². The topological polar surface area (TPSA) is 11.4 Å². The molecule has 0 N–H and O–H groups in total. The third-order valence-corrected chi connectivity index (χ3v) is 9.87. The van der Waals surface area contributed by atoms with Gasteiger partial charge in [0.2, 0.25) is 0 Å². The van der Waals surface area contributed by atoms with Crippen LogP contribution in [0.3, 0.4) is 0 Å². The molecule has 0 fully saturated rings. The molecule has 10 rings (SSSR count). The zero-order valence-corrected chi connectivity index (χ0v) is 26.7. The highest BCUT2D eigenvalue weighted by molar-refractivity contribution is 6.18. The Labute approximate surface area is 285 Å². The third-order valence-electron chi connectivity index (χ3n) is 9.87. The van der Waals surface area contributed by atoms with Gasteiger partial charge in [0.15, 0.2) is 0 Å². The van der Waals surface area contributed by atoms with Gasteiger partial charge in [0, 0.05) is 49.9 Å². The summed E-state index contributed by atoms with van der Waals surface area (Å²) in [5.41, 5.74) is 13.0. The molecule has 1 aliphatic heterocycles. The number of anilines is 6. The Bertz CT molecular complexity index is 2660. The summed E-state index contributed by atoms with van der Waals surface area (Å²) in [4.78, 5) is 4.83. The highest BCUT2D eigenvalue weighted by Crippen LogP contribution is 2.53. The monoisotopic (exact) mass is 625 g/mol. The normalized spacial score (nSPS) is 12.0. The highest BCUT2D eigenvalue weighted by Gasteiger charge is 2.28. The second-order valence-corrected chi connectivity index (χ2v) is 12.6. The van der Waals surface area contributed by atoms with Crippen molar-refractivity contribution < 1.29 is 0 Å². The average Bonchev–Trinajstić information content (AvgIpc) is 3.51. The first kappa shape index (κ1) is 27.5. The van der Waals surface area contributed by atoms with E-state index in [0.717, 1.165) is 28.4 Å². The van der Waals surface area contributed by atoms with Crippen molar-refractivity contribution in [2.24, 2.45) is 0 Å². The first-order valence-corrected chi connectivity index (χ1v) is 16.8. The number of nitrogens with zero attached hydrogens (tertiary/aromatic N) is 3. The van der Waals surface area contributed by atoms with Crippen LogP contribution in [-0.2, 0) is 0 Å². The number of para-hydroxylation sites is 5. The maximum atomic E-state index is 2.42. The van der Waals surface area contributed by atoms with Crippen LogP contribution in [0.1, 0.15) is 0 Å². The summed E-state index contributed by atoms with van der Waals surface area (Å²) in [5.74, 6) is 0. The van der Waals surface area contributed by atoms with Gasteiger partial charge in [-0.25, -0.2) is 0 Å². The molecule has 9 aromatic rings. The van der Waals surface area contributed by atoms with E-state index in [1.165, 1.54) is 55.1 Å². The standard InChI is InChI=1S/C46H31N3/c1-4-15-32(16-5-1)47(35-27-29-44-40(31-35)37-22-11-13-25-42(37)48(44)33-17-6-2-7-18-33)43-30-28-38-36-21-10-12-24-41(36)49(34-19-8-3-9-20-34)45-26-14-23-39(43)46(38)45/h1-31H. The molecule has 3 heteroatoms. The molecule has 0 aliphatic carbocycles. The number of fused-ring (bicyclic) bond motifs is 5. The maximum absolute atomic E-state index is 2.42. The highest BCUT2D eigenvalue weighted by atomic mass is 15.2. The van der Waals surface area contributed by atoms with Crippen LogP contribution < -0.4 is 9.80 Å². The summed E-state index contributed by atoms with van der Waals surface area (Å²) >= 11 is 0. The fourth-order valence-electron chi connectivity index (χ4n) is 7.82. The second kappa shape index (κ2) is 11.0. The van der Waals surface area contributed by atoms with Crippen LogP contribution in [0.15, 0.2) is 188 Å². The van der Waals surface area contributed by atoms with Crippen LogP contribution in [0.25, 0.3) is 49.4 Å². The first-order chi connectivity index (χ1) is 24.3. The number of hydrogen-bond donors (Lipinski definition) is 0. The molecule has 2 heterocycles. The van der Waals surface area contributed by atoms with Gasteiger partial charge < -0.3 is 14.4 Å². The molecular weight excluding hydrogens is 595 g/mol. The Kier molecular flexibility index (Phi) is 6.18. The molecule has 0 unspecified atom stereocenters. The van der Waals surface area contributed by atoms with E-state index in [2.05, 4.69) is 202 Å². The van der Waals surface area contributed by atoms with E-state index in [0.29, 0.717) is 0 Å². The van der Waals surface area contributed by atoms with E-state index >= 15 is 0 Å². The number of hydrogen-bond acceptors (Lipinski definition) is 2. The summed E-state index contributed by atoms with van der Waals surface area (Å²) < 4.78 is 2.37. The molecule has 0 atom stereocenters. The Balaban J connectivity index is 1.24. The van der Waals surface area contributed by atoms with Crippen LogP contribution in [0, 0.1) is 0 Å². The van der Waals surface area contributed by atoms with Crippen LogP contribution in [-0.4, -0.2) is 4.57 Å². The van der Waals surface area contributed by atoms with Crippen molar-refractivity contribution in [3.8, 4) is 16.8 Å². The SMILES string of the molecule is c1ccc(N(c2ccc3c(c2)c2ccccc2n3-c2ccccc2)c2ccc3c4c(cccc24)N(c2ccccc2)c2ccccc2-3)cc1. The number of aromatic nitrogens is 1. The molecule has 8 aromatic carbocycles. The summed E-state index contributed by atoms with van der Waals surface area (Å²) in [7, 11) is 0. The lowest BCUT2D eigenvalue weighted by molar-refractivity contribution is 1.18. The predicted molar refractivity (Wildman–Crippen MR) is 207 cm³/mol. The zero-order valence-electron chi connectivity index (χ0n) is 26.7. The maximum Gasteiger partial charge on any atom is 0.0547 e. The Hall–Kier alpha value is -6.58. The van der Waals surface area contributed by atoms with Crippen molar-refractivity contribution in [1.29, 1.82) is 0 Å². The van der Waals surface area contributed by atoms with E-state index < -0.39 is 0 Å². The second-order valence-electron chi connectivity index (χ2n) is 12.6. The Morgan fingerprint density at radius 3 is 1.82 bits per heavy atom. The summed E-state index contributed by atoms with van der Waals surface area (Å²) in [6, 6.07) is 67.9. The Morgan fingerprint density at radius 2 is 1.00 bits per heavy atom. The summed E-state index contributed by atoms with van der Waals surface area (Å²) in [6.45, 7) is 0. The molecule has 0 spiro atoms. The molecule has 1 aromatic heterocycles. The molecule has 230 valence electrons. The smallest absolute Gasteiger partial charge is 0.0547 e. The van der Waals surface area contributed by atoms with Gasteiger partial charge in [-0.3, -0.25) is 0 Å². The molecule has 49 heavy (non-hydrogen) atoms. The number of benzene rings is 8. The molecule has 0 amide bonds. The lowest BCUT2D eigenvalue weighted by atomic mass is 9.89. The van der Waals surface area contributed by atoms with E-state index in [9.17, 15) is 0 Å². The van der Waals surface area contributed by atoms with Crippen molar-refractivity contribution >= 4 is 66.7 Å². The van der Waals surface area contributed by atoms with Gasteiger partial charge in [-0.1, -0.05) is 109 Å². The van der Waals surface area contributed by atoms with E-state index in [1.54, 1.807) is 0 Å². The van der Waals surface area contributed by atoms with Crippen LogP contribution in [0.4, 0.5) is 34.1 Å². The van der Waals surface area contributed by atoms with Crippen molar-refractivity contribution in [2.45, 2.75) is 0 Å². The first-order valence-electron chi connectivity index (χ1n) is 16.8. The fraction of sp³-hybridized carbons (Fsp3) is 0. The van der Waals surface area contributed by atoms with Gasteiger partial charge in [0.05, 0.1) is 28.1 Å². The molecule has 0 bridgehead atoms. The summed E-state index contributed by atoms with van der Waals surface area (Å²) in [5, 5.41) is 4.93. The van der Waals surface area contributed by atoms with E-state index in [4.69, 9.17) is 0 Å². The van der Waals surface area contributed by atoms with Crippen molar-refractivity contribution in [3.05, 3.63) is 188 Å². The van der Waals surface area contributed by atoms with Gasteiger partial charge in [-0.05, 0) is 84.4 Å². The predicted octanol–water partition coefficient (Wildman–Crippen LogP) is 12.9. The summed E-state index contributed by atoms with van der Waals surface area (Å²) in [6.07, 6.45) is 0. The molecule has 3 nitrogen and oxygen atoms in total. The van der Waals surface area contributed by atoms with Crippen LogP contribution >= 0.6 is 0 Å². The van der Waals surface area contributed by atoms with Gasteiger partial charge in [-0.15, -0.1) is 0 Å². The fourth-order valence-corrected chi connectivity index (χ4v) is 7.82. The lowest BCUT2D eigenvalue weighted by Crippen LogP contribution is -2.16. The van der Waals surface area contributed by atoms with Crippen molar-refractivity contribution in [3.63, 3.8) is 0 Å². The molecule has 0 saturated carbocycles. The average molecular weight is 626 g/mol. The minimum absolute atomic E-state index is 1.12. The van der Waals surface area contributed by atoms with Crippen LogP contribution in [0.2, 0.25) is 0 Å². The molecule has 0 radical (unpaired) electrons. The van der Waals surface area contributed by atoms with Crippen molar-refractivity contribution in [1.82, 2.24) is 4.57 Å². The quantitative estimate of drug-likeness (QED) is 0.189. The van der Waals surface area contributed by atoms with Gasteiger partial charge in [0.25, 0.3) is 0 Å². The third kappa shape index (κ3) is 4.23. The van der Waals surface area contributed by atoms with Gasteiger partial charge in [-0.2, -0.15) is 0 Å². The zero-order chi connectivity index (χ0) is 32.3. The van der Waals surface area contributed by atoms with E-state index in [1.807, 2.05) is 0 Å². The molecular formula is C46H31N3. The molecule has 0 saturated heterocycles. The van der Waals surface area contributed by atoms with Crippen molar-refractivity contribution in [2.75, 3.05) is 9.80 Å². The van der Waals surface area contributed by atoms with Gasteiger partial charge >= 0.3 is 0 Å². The molecule has 1 aliphatic rings. The van der Waals surface area contributed by atoms with E-state index in [-0.39, 0.29) is 0 Å². The minimum atomic E-state index is 1.12. The largest absolute Gasteiger partial charge is 0.310 e. The van der Waals surface area contributed by atoms with Crippen LogP contribution in [0.5, 0.6) is 0 Å². The number of rotatable bonds is 5.